The molecular weight excluding hydrogens is 590 g/mol. The summed E-state index contributed by atoms with van der Waals surface area (Å²) in [6, 6.07) is 29.7. The van der Waals surface area contributed by atoms with Crippen LogP contribution in [-0.2, 0) is 15.0 Å². The topological polar surface area (TPSA) is 78.8 Å². The predicted molar refractivity (Wildman–Crippen MR) is 157 cm³/mol. The summed E-state index contributed by atoms with van der Waals surface area (Å²) in [6.45, 7) is 0. The van der Waals surface area contributed by atoms with E-state index < -0.39 is 17.3 Å². The van der Waals surface area contributed by atoms with Crippen LogP contribution in [0.5, 0.6) is 0 Å². The van der Waals surface area contributed by atoms with Crippen LogP contribution < -0.4 is 10.3 Å². The second kappa shape index (κ2) is 9.25. The first-order valence-corrected chi connectivity index (χ1v) is 14.0. The van der Waals surface area contributed by atoms with Gasteiger partial charge in [0, 0.05) is 22.2 Å². The van der Waals surface area contributed by atoms with Gasteiger partial charge in [-0.3, -0.25) is 14.4 Å². The maximum absolute atomic E-state index is 14.4. The second-order valence-corrected chi connectivity index (χ2v) is 11.5. The van der Waals surface area contributed by atoms with Crippen LogP contribution in [0, 0.1) is 11.8 Å². The summed E-state index contributed by atoms with van der Waals surface area (Å²) in [7, 11) is 0. The lowest BCUT2D eigenvalue weighted by molar-refractivity contribution is -0.122. The molecule has 4 aromatic carbocycles. The number of anilines is 1. The van der Waals surface area contributed by atoms with E-state index in [1.807, 2.05) is 54.6 Å². The lowest BCUT2D eigenvalue weighted by Gasteiger charge is -2.52. The van der Waals surface area contributed by atoms with E-state index >= 15 is 0 Å². The van der Waals surface area contributed by atoms with Gasteiger partial charge in [0.15, 0.2) is 0 Å². The molecule has 0 radical (unpaired) electrons. The fourth-order valence-corrected chi connectivity index (χ4v) is 7.43. The van der Waals surface area contributed by atoms with E-state index in [-0.39, 0.29) is 23.6 Å². The van der Waals surface area contributed by atoms with E-state index in [1.165, 1.54) is 4.90 Å². The minimum Gasteiger partial charge on any atom is -0.274 e. The van der Waals surface area contributed by atoms with Crippen LogP contribution in [-0.4, -0.2) is 23.9 Å². The van der Waals surface area contributed by atoms with E-state index in [4.69, 9.17) is 11.6 Å². The number of nitrogens with zero attached hydrogens (tertiary/aromatic N) is 2. The molecule has 1 fully saturated rings. The number of imide groups is 1. The molecule has 1 heterocycles. The van der Waals surface area contributed by atoms with Crippen LogP contribution in [0.1, 0.15) is 38.5 Å². The Morgan fingerprint density at radius 2 is 1.52 bits per heavy atom. The van der Waals surface area contributed by atoms with Gasteiger partial charge in [0.2, 0.25) is 11.8 Å². The number of carbonyl (C=O) groups is 3. The molecule has 3 aliphatic carbocycles. The first kappa shape index (κ1) is 24.9. The molecule has 196 valence electrons. The van der Waals surface area contributed by atoms with Gasteiger partial charge in [-0.05, 0) is 52.6 Å². The van der Waals surface area contributed by atoms with Crippen LogP contribution in [0.2, 0.25) is 5.02 Å². The maximum atomic E-state index is 14.4. The fraction of sp³-hybridized carbons (Fsp3) is 0.125. The number of carbonyl (C=O) groups excluding carboxylic acids is 3. The first-order chi connectivity index (χ1) is 19.4. The monoisotopic (exact) mass is 609 g/mol. The highest BCUT2D eigenvalue weighted by atomic mass is 79.9. The van der Waals surface area contributed by atoms with Gasteiger partial charge in [-0.1, -0.05) is 94.3 Å². The summed E-state index contributed by atoms with van der Waals surface area (Å²) in [6.07, 6.45) is 1.65. The van der Waals surface area contributed by atoms with Gasteiger partial charge in [0.25, 0.3) is 5.91 Å². The van der Waals surface area contributed by atoms with Gasteiger partial charge >= 0.3 is 0 Å². The summed E-state index contributed by atoms with van der Waals surface area (Å²) < 4.78 is 0.772. The standard InChI is InChI=1S/C32H21BrClN3O3/c33-19-9-7-8-18(16-19)29(38)36-35-17-32-22-12-3-1-10-20(22)26(21-11-2-4-13-23(21)32)27-28(32)31(40)37(30(27)39)25-15-6-5-14-24(25)34/h1-17,26-28H,(H,36,38)/b35-17-/t26?,27-,28+,32?/m1/s1. The first-order valence-electron chi connectivity index (χ1n) is 12.8. The predicted octanol–water partition coefficient (Wildman–Crippen LogP) is 6.07. The number of para-hydroxylation sites is 1. The molecule has 0 saturated carbocycles. The number of hydrogen-bond acceptors (Lipinski definition) is 4. The Morgan fingerprint density at radius 3 is 2.20 bits per heavy atom. The lowest BCUT2D eigenvalue weighted by Crippen LogP contribution is -2.54. The number of rotatable bonds is 4. The van der Waals surface area contributed by atoms with Crippen LogP contribution in [0.25, 0.3) is 0 Å². The van der Waals surface area contributed by atoms with Crippen molar-refractivity contribution in [3.8, 4) is 0 Å². The number of nitrogens with one attached hydrogen (secondary N) is 1. The Kier molecular flexibility index (Phi) is 5.77. The third kappa shape index (κ3) is 3.41. The van der Waals surface area contributed by atoms with E-state index in [0.29, 0.717) is 16.3 Å². The van der Waals surface area contributed by atoms with Crippen LogP contribution in [0.4, 0.5) is 5.69 Å². The molecule has 0 unspecified atom stereocenters. The highest BCUT2D eigenvalue weighted by molar-refractivity contribution is 9.10. The molecule has 4 aromatic rings. The molecule has 0 spiro atoms. The number of hydrogen-bond donors (Lipinski definition) is 1. The molecule has 8 rings (SSSR count). The number of benzene rings is 4. The quantitative estimate of drug-likeness (QED) is 0.173. The molecule has 1 N–H and O–H groups in total. The Morgan fingerprint density at radius 1 is 0.875 bits per heavy atom. The summed E-state index contributed by atoms with van der Waals surface area (Å²) in [5.41, 5.74) is 6.15. The molecular formula is C32H21BrClN3O3. The Labute approximate surface area is 243 Å². The molecule has 6 nitrogen and oxygen atoms in total. The molecule has 1 aliphatic heterocycles. The van der Waals surface area contributed by atoms with Crippen LogP contribution in [0.3, 0.4) is 0 Å². The molecule has 40 heavy (non-hydrogen) atoms. The number of halogens is 2. The summed E-state index contributed by atoms with van der Waals surface area (Å²) in [4.78, 5) is 42.7. The SMILES string of the molecule is O=C(N/N=C\C12c3ccccc3C(c3ccccc31)[C@H]1C(=O)N(c3ccccc3Cl)C(=O)[C@H]12)c1cccc(Br)c1. The third-order valence-electron chi connectivity index (χ3n) is 8.30. The molecule has 8 heteroatoms. The number of hydrazone groups is 1. The average molecular weight is 611 g/mol. The highest BCUT2D eigenvalue weighted by Crippen LogP contribution is 2.63. The van der Waals surface area contributed by atoms with E-state index in [0.717, 1.165) is 26.7 Å². The van der Waals surface area contributed by atoms with Gasteiger partial charge in [0.05, 0.1) is 28.0 Å². The number of amides is 3. The van der Waals surface area contributed by atoms with Crippen molar-refractivity contribution in [1.29, 1.82) is 0 Å². The maximum Gasteiger partial charge on any atom is 0.271 e. The molecule has 0 aromatic heterocycles. The molecule has 2 atom stereocenters. The van der Waals surface area contributed by atoms with Gasteiger partial charge in [-0.25, -0.2) is 10.3 Å². The Bertz CT molecular complexity index is 1720. The van der Waals surface area contributed by atoms with Crippen molar-refractivity contribution in [2.75, 3.05) is 4.90 Å². The summed E-state index contributed by atoms with van der Waals surface area (Å²) in [5.74, 6) is -2.72. The van der Waals surface area contributed by atoms with Crippen molar-refractivity contribution in [2.45, 2.75) is 11.3 Å². The highest BCUT2D eigenvalue weighted by Gasteiger charge is 2.68. The Hall–Kier alpha value is -4.07. The van der Waals surface area contributed by atoms with Crippen molar-refractivity contribution in [1.82, 2.24) is 5.43 Å². The zero-order valence-corrected chi connectivity index (χ0v) is 23.3. The summed E-state index contributed by atoms with van der Waals surface area (Å²) >= 11 is 9.89. The summed E-state index contributed by atoms with van der Waals surface area (Å²) in [5, 5.41) is 4.78. The molecule has 2 bridgehead atoms. The van der Waals surface area contributed by atoms with Crippen molar-refractivity contribution < 1.29 is 14.4 Å². The van der Waals surface area contributed by atoms with Crippen molar-refractivity contribution in [3.63, 3.8) is 0 Å². The van der Waals surface area contributed by atoms with Crippen LogP contribution in [0.15, 0.2) is 107 Å². The van der Waals surface area contributed by atoms with Gasteiger partial charge in [-0.15, -0.1) is 0 Å². The largest absolute Gasteiger partial charge is 0.274 e. The Balaban J connectivity index is 1.41. The van der Waals surface area contributed by atoms with Crippen LogP contribution >= 0.6 is 27.5 Å². The van der Waals surface area contributed by atoms with Gasteiger partial charge in [-0.2, -0.15) is 5.10 Å². The van der Waals surface area contributed by atoms with E-state index in [1.54, 1.807) is 48.7 Å². The lowest BCUT2D eigenvalue weighted by atomic mass is 9.47. The van der Waals surface area contributed by atoms with Crippen molar-refractivity contribution >= 4 is 57.2 Å². The normalized spacial score (nSPS) is 24.1. The van der Waals surface area contributed by atoms with Crippen molar-refractivity contribution in [3.05, 3.63) is 134 Å². The zero-order chi connectivity index (χ0) is 27.6. The molecule has 3 amide bonds. The minimum absolute atomic E-state index is 0.284. The molecule has 1 saturated heterocycles. The van der Waals surface area contributed by atoms with E-state index in [2.05, 4.69) is 26.5 Å². The molecule has 4 aliphatic rings. The zero-order valence-electron chi connectivity index (χ0n) is 20.9. The minimum atomic E-state index is -1.08. The fourth-order valence-electron chi connectivity index (χ4n) is 6.81. The van der Waals surface area contributed by atoms with Gasteiger partial charge < -0.3 is 0 Å². The third-order valence-corrected chi connectivity index (χ3v) is 9.11. The smallest absolute Gasteiger partial charge is 0.271 e. The van der Waals surface area contributed by atoms with Crippen molar-refractivity contribution in [2.24, 2.45) is 16.9 Å². The average Bonchev–Trinajstić information content (AvgIpc) is 3.24. The second-order valence-electron chi connectivity index (χ2n) is 10.2. The van der Waals surface area contributed by atoms with Gasteiger partial charge in [0.1, 0.15) is 0 Å². The van der Waals surface area contributed by atoms with E-state index in [9.17, 15) is 14.4 Å².